The maximum Gasteiger partial charge on any atom is 0.195 e. The van der Waals surface area contributed by atoms with Crippen molar-refractivity contribution in [3.05, 3.63) is 65.7 Å². The van der Waals surface area contributed by atoms with E-state index in [0.29, 0.717) is 12.0 Å². The van der Waals surface area contributed by atoms with Crippen LogP contribution in [0.15, 0.2) is 54.6 Å². The Bertz CT molecular complexity index is 768. The SMILES string of the molecule is O=C1CCCC[C@H]1[C@@]1(c2ccccc2)Nc2ccccc2C1=O. The minimum absolute atomic E-state index is 0.0274. The van der Waals surface area contributed by atoms with Gasteiger partial charge in [0.2, 0.25) is 0 Å². The third-order valence-corrected chi connectivity index (χ3v) is 5.17. The van der Waals surface area contributed by atoms with Crippen molar-refractivity contribution in [2.24, 2.45) is 5.92 Å². The lowest BCUT2D eigenvalue weighted by Crippen LogP contribution is -2.50. The largest absolute Gasteiger partial charge is 0.368 e. The third kappa shape index (κ3) is 2.03. The van der Waals surface area contributed by atoms with Gasteiger partial charge in [-0.2, -0.15) is 0 Å². The molecule has 0 unspecified atom stereocenters. The van der Waals surface area contributed by atoms with Gasteiger partial charge in [-0.1, -0.05) is 48.9 Å². The normalized spacial score (nSPS) is 26.7. The van der Waals surface area contributed by atoms with Gasteiger partial charge in [0.05, 0.1) is 5.92 Å². The average molecular weight is 305 g/mol. The minimum atomic E-state index is -0.942. The molecule has 1 heterocycles. The highest BCUT2D eigenvalue weighted by Crippen LogP contribution is 2.47. The molecule has 2 aromatic carbocycles. The van der Waals surface area contributed by atoms with E-state index in [9.17, 15) is 9.59 Å². The molecule has 23 heavy (non-hydrogen) atoms. The smallest absolute Gasteiger partial charge is 0.195 e. The molecule has 4 rings (SSSR count). The fourth-order valence-electron chi connectivity index (χ4n) is 4.06. The first kappa shape index (κ1) is 14.2. The zero-order valence-electron chi connectivity index (χ0n) is 12.9. The molecule has 1 N–H and O–H groups in total. The van der Waals surface area contributed by atoms with Crippen LogP contribution < -0.4 is 5.32 Å². The van der Waals surface area contributed by atoms with E-state index in [1.54, 1.807) is 0 Å². The van der Waals surface area contributed by atoms with E-state index in [1.165, 1.54) is 0 Å². The van der Waals surface area contributed by atoms with Crippen molar-refractivity contribution in [1.82, 2.24) is 0 Å². The second-order valence-electron chi connectivity index (χ2n) is 6.44. The number of fused-ring (bicyclic) bond motifs is 1. The molecule has 0 aromatic heterocycles. The van der Waals surface area contributed by atoms with Crippen LogP contribution in [0.1, 0.15) is 41.6 Å². The standard InChI is InChI=1S/C20H19NO2/c22-18-13-7-5-11-16(18)20(14-8-2-1-3-9-14)19(23)15-10-4-6-12-17(15)21-20/h1-4,6,8-10,12,16,21H,5,7,11,13H2/t16-,20-/m1/s1. The Labute approximate surface area is 135 Å². The Kier molecular flexibility index (Phi) is 3.29. The summed E-state index contributed by atoms with van der Waals surface area (Å²) in [5.41, 5.74) is 1.47. The van der Waals surface area contributed by atoms with Crippen molar-refractivity contribution >= 4 is 17.3 Å². The Balaban J connectivity index is 1.90. The molecule has 3 nitrogen and oxygen atoms in total. The van der Waals surface area contributed by atoms with Crippen molar-refractivity contribution in [2.45, 2.75) is 31.2 Å². The number of anilines is 1. The van der Waals surface area contributed by atoms with Gasteiger partial charge < -0.3 is 5.32 Å². The van der Waals surface area contributed by atoms with Gasteiger partial charge in [-0.3, -0.25) is 9.59 Å². The second kappa shape index (κ2) is 5.34. The number of nitrogens with one attached hydrogen (secondary N) is 1. The third-order valence-electron chi connectivity index (χ3n) is 5.17. The lowest BCUT2D eigenvalue weighted by Gasteiger charge is -2.38. The van der Waals surface area contributed by atoms with Crippen molar-refractivity contribution in [3.8, 4) is 0 Å². The van der Waals surface area contributed by atoms with E-state index in [0.717, 1.165) is 30.5 Å². The van der Waals surface area contributed by atoms with Crippen LogP contribution in [0.4, 0.5) is 5.69 Å². The molecule has 0 spiro atoms. The fourth-order valence-corrected chi connectivity index (χ4v) is 4.06. The number of carbonyl (C=O) groups excluding carboxylic acids is 2. The van der Waals surface area contributed by atoms with Crippen LogP contribution in [0.3, 0.4) is 0 Å². The highest BCUT2D eigenvalue weighted by molar-refractivity contribution is 6.15. The van der Waals surface area contributed by atoms with Gasteiger partial charge in [0.1, 0.15) is 11.3 Å². The summed E-state index contributed by atoms with van der Waals surface area (Å²) in [6, 6.07) is 17.3. The summed E-state index contributed by atoms with van der Waals surface area (Å²) in [6.45, 7) is 0. The van der Waals surface area contributed by atoms with E-state index in [4.69, 9.17) is 0 Å². The van der Waals surface area contributed by atoms with Crippen LogP contribution >= 0.6 is 0 Å². The number of Topliss-reactive ketones (excluding diaryl/α,β-unsaturated/α-hetero) is 2. The highest BCUT2D eigenvalue weighted by atomic mass is 16.1. The average Bonchev–Trinajstić information content (AvgIpc) is 2.90. The summed E-state index contributed by atoms with van der Waals surface area (Å²) in [5, 5.41) is 3.44. The molecule has 2 aliphatic rings. The summed E-state index contributed by atoms with van der Waals surface area (Å²) < 4.78 is 0. The van der Waals surface area contributed by atoms with Gasteiger partial charge in [-0.25, -0.2) is 0 Å². The maximum atomic E-state index is 13.3. The molecule has 1 saturated carbocycles. The van der Waals surface area contributed by atoms with Crippen LogP contribution in [-0.4, -0.2) is 11.6 Å². The van der Waals surface area contributed by atoms with Gasteiger partial charge in [-0.05, 0) is 30.5 Å². The molecule has 0 bridgehead atoms. The van der Waals surface area contributed by atoms with Crippen molar-refractivity contribution in [3.63, 3.8) is 0 Å². The van der Waals surface area contributed by atoms with Crippen molar-refractivity contribution in [2.75, 3.05) is 5.32 Å². The first-order valence-electron chi connectivity index (χ1n) is 8.24. The molecule has 2 aromatic rings. The van der Waals surface area contributed by atoms with Crippen molar-refractivity contribution in [1.29, 1.82) is 0 Å². The minimum Gasteiger partial charge on any atom is -0.368 e. The first-order valence-corrected chi connectivity index (χ1v) is 8.24. The maximum absolute atomic E-state index is 13.3. The number of hydrogen-bond acceptors (Lipinski definition) is 3. The number of hydrogen-bond donors (Lipinski definition) is 1. The Morgan fingerprint density at radius 3 is 2.39 bits per heavy atom. The van der Waals surface area contributed by atoms with E-state index >= 15 is 0 Å². The van der Waals surface area contributed by atoms with Crippen molar-refractivity contribution < 1.29 is 9.59 Å². The quantitative estimate of drug-likeness (QED) is 0.914. The molecule has 0 saturated heterocycles. The molecular formula is C20H19NO2. The van der Waals surface area contributed by atoms with Crippen LogP contribution in [0.2, 0.25) is 0 Å². The van der Waals surface area contributed by atoms with Gasteiger partial charge >= 0.3 is 0 Å². The molecule has 0 radical (unpaired) electrons. The van der Waals surface area contributed by atoms with Crippen LogP contribution in [0.5, 0.6) is 0 Å². The summed E-state index contributed by atoms with van der Waals surface area (Å²) in [6.07, 6.45) is 3.27. The number of benzene rings is 2. The number of para-hydroxylation sites is 1. The Morgan fingerprint density at radius 2 is 1.65 bits per heavy atom. The molecule has 3 heteroatoms. The first-order chi connectivity index (χ1) is 11.2. The molecule has 0 amide bonds. The lowest BCUT2D eigenvalue weighted by molar-refractivity contribution is -0.126. The predicted molar refractivity (Wildman–Crippen MR) is 89.5 cm³/mol. The molecule has 2 atom stereocenters. The van der Waals surface area contributed by atoms with E-state index in [-0.39, 0.29) is 17.5 Å². The Hall–Kier alpha value is -2.42. The number of carbonyl (C=O) groups is 2. The van der Waals surface area contributed by atoms with E-state index in [1.807, 2.05) is 54.6 Å². The second-order valence-corrected chi connectivity index (χ2v) is 6.44. The number of rotatable bonds is 2. The monoisotopic (exact) mass is 305 g/mol. The van der Waals surface area contributed by atoms with Gasteiger partial charge in [0.25, 0.3) is 0 Å². The molecule has 116 valence electrons. The molecular weight excluding hydrogens is 286 g/mol. The predicted octanol–water partition coefficient (Wildman–Crippen LogP) is 3.95. The molecule has 1 aliphatic carbocycles. The summed E-state index contributed by atoms with van der Waals surface area (Å²) in [5.74, 6) is -0.0631. The zero-order valence-corrected chi connectivity index (χ0v) is 12.9. The van der Waals surface area contributed by atoms with Gasteiger partial charge in [-0.15, -0.1) is 0 Å². The van der Waals surface area contributed by atoms with Crippen LogP contribution in [0.25, 0.3) is 0 Å². The summed E-state index contributed by atoms with van der Waals surface area (Å²) in [7, 11) is 0. The summed E-state index contributed by atoms with van der Waals surface area (Å²) >= 11 is 0. The molecule has 1 fully saturated rings. The molecule has 1 aliphatic heterocycles. The zero-order chi connectivity index (χ0) is 15.9. The summed E-state index contributed by atoms with van der Waals surface area (Å²) in [4.78, 5) is 26.0. The van der Waals surface area contributed by atoms with Gasteiger partial charge in [0, 0.05) is 17.7 Å². The van der Waals surface area contributed by atoms with Crippen LogP contribution in [-0.2, 0) is 10.3 Å². The fraction of sp³-hybridized carbons (Fsp3) is 0.300. The Morgan fingerprint density at radius 1 is 0.913 bits per heavy atom. The topological polar surface area (TPSA) is 46.2 Å². The highest BCUT2D eigenvalue weighted by Gasteiger charge is 2.54. The number of ketones is 2. The lowest BCUT2D eigenvalue weighted by atomic mass is 9.68. The van der Waals surface area contributed by atoms with Crippen LogP contribution in [0, 0.1) is 5.92 Å². The van der Waals surface area contributed by atoms with E-state index in [2.05, 4.69) is 5.32 Å². The van der Waals surface area contributed by atoms with E-state index < -0.39 is 5.54 Å². The van der Waals surface area contributed by atoms with Gasteiger partial charge in [0.15, 0.2) is 5.78 Å².